The number of nitrogens with zero attached hydrogens (tertiary/aromatic N) is 5. The second-order valence-corrected chi connectivity index (χ2v) is 14.6. The van der Waals surface area contributed by atoms with Gasteiger partial charge in [-0.3, -0.25) is 4.98 Å². The molecule has 0 aliphatic carbocycles. The molecule has 12 aromatic rings. The van der Waals surface area contributed by atoms with Crippen molar-refractivity contribution in [3.63, 3.8) is 0 Å². The van der Waals surface area contributed by atoms with Crippen LogP contribution in [0.1, 0.15) is 0 Å². The first-order valence-corrected chi connectivity index (χ1v) is 19.4. The quantitative estimate of drug-likeness (QED) is 0.176. The maximum Gasteiger partial charge on any atom is 0.164 e. The van der Waals surface area contributed by atoms with E-state index in [4.69, 9.17) is 19.4 Å². The molecule has 0 atom stereocenters. The summed E-state index contributed by atoms with van der Waals surface area (Å²) >= 11 is 0. The highest BCUT2D eigenvalue weighted by molar-refractivity contribution is 6.11. The molecule has 0 aliphatic rings. The van der Waals surface area contributed by atoms with Gasteiger partial charge in [-0.1, -0.05) is 133 Å². The first-order valence-electron chi connectivity index (χ1n) is 19.4. The predicted molar refractivity (Wildman–Crippen MR) is 236 cm³/mol. The lowest BCUT2D eigenvalue weighted by molar-refractivity contribution is 0.668. The minimum absolute atomic E-state index is 0.559. The van der Waals surface area contributed by atoms with E-state index in [9.17, 15) is 0 Å². The molecule has 58 heavy (non-hydrogen) atoms. The first kappa shape index (κ1) is 32.3. The van der Waals surface area contributed by atoms with Crippen LogP contribution in [-0.2, 0) is 0 Å². The first-order chi connectivity index (χ1) is 28.7. The monoisotopic (exact) mass is 741 g/mol. The van der Waals surface area contributed by atoms with Crippen LogP contribution in [0.3, 0.4) is 0 Å². The van der Waals surface area contributed by atoms with E-state index in [0.29, 0.717) is 17.5 Å². The number of pyridine rings is 1. The van der Waals surface area contributed by atoms with Crippen molar-refractivity contribution in [2.24, 2.45) is 0 Å². The van der Waals surface area contributed by atoms with Crippen molar-refractivity contribution in [1.29, 1.82) is 0 Å². The fourth-order valence-electron chi connectivity index (χ4n) is 8.62. The summed E-state index contributed by atoms with van der Waals surface area (Å²) in [4.78, 5) is 20.2. The average Bonchev–Trinajstić information content (AvgIpc) is 3.84. The largest absolute Gasteiger partial charge is 0.454 e. The van der Waals surface area contributed by atoms with Gasteiger partial charge in [-0.15, -0.1) is 0 Å². The Morgan fingerprint density at radius 2 is 1.00 bits per heavy atom. The fraction of sp³-hybridized carbons (Fsp3) is 0. The van der Waals surface area contributed by atoms with Crippen LogP contribution < -0.4 is 0 Å². The lowest BCUT2D eigenvalue weighted by atomic mass is 9.97. The van der Waals surface area contributed by atoms with Crippen molar-refractivity contribution in [1.82, 2.24) is 24.5 Å². The number of hydrogen-bond donors (Lipinski definition) is 0. The smallest absolute Gasteiger partial charge is 0.164 e. The van der Waals surface area contributed by atoms with E-state index >= 15 is 0 Å². The maximum absolute atomic E-state index is 6.26. The van der Waals surface area contributed by atoms with Gasteiger partial charge in [0, 0.05) is 44.4 Å². The molecule has 0 radical (unpaired) electrons. The molecule has 6 nitrogen and oxygen atoms in total. The van der Waals surface area contributed by atoms with Gasteiger partial charge in [0.15, 0.2) is 23.1 Å². The molecular weight excluding hydrogens is 711 g/mol. The van der Waals surface area contributed by atoms with Crippen molar-refractivity contribution < 1.29 is 4.42 Å². The van der Waals surface area contributed by atoms with E-state index in [0.717, 1.165) is 71.8 Å². The second kappa shape index (κ2) is 12.8. The van der Waals surface area contributed by atoms with Crippen LogP contribution in [0.5, 0.6) is 0 Å². The molecule has 0 N–H and O–H groups in total. The SMILES string of the molecule is c1ccc2c(-c3ccc(-c4nc(-c5ccc6c(c5)oc5cccnc56)nc(-c5ccc(-n6c7ccccc7c7ccccc76)c6ccccc56)n4)cc3)cccc2c1. The van der Waals surface area contributed by atoms with Gasteiger partial charge in [0.05, 0.1) is 16.7 Å². The summed E-state index contributed by atoms with van der Waals surface area (Å²) in [7, 11) is 0. The number of rotatable bonds is 5. The maximum atomic E-state index is 6.26. The van der Waals surface area contributed by atoms with Crippen molar-refractivity contribution in [2.75, 3.05) is 0 Å². The van der Waals surface area contributed by atoms with Crippen LogP contribution in [0, 0.1) is 0 Å². The minimum Gasteiger partial charge on any atom is -0.454 e. The van der Waals surface area contributed by atoms with E-state index < -0.39 is 0 Å². The minimum atomic E-state index is 0.559. The Morgan fingerprint density at radius 3 is 1.79 bits per heavy atom. The molecule has 270 valence electrons. The third kappa shape index (κ3) is 5.05. The molecule has 4 heterocycles. The molecule has 0 saturated heterocycles. The van der Waals surface area contributed by atoms with Crippen LogP contribution in [0.2, 0.25) is 0 Å². The number of aromatic nitrogens is 5. The van der Waals surface area contributed by atoms with E-state index in [2.05, 4.69) is 161 Å². The van der Waals surface area contributed by atoms with E-state index in [1.165, 1.54) is 27.1 Å². The molecular formula is C52H31N5O. The fourth-order valence-corrected chi connectivity index (χ4v) is 8.62. The van der Waals surface area contributed by atoms with Crippen LogP contribution in [0.25, 0.3) is 116 Å². The summed E-state index contributed by atoms with van der Waals surface area (Å²) in [6.07, 6.45) is 1.79. The number of furan rings is 1. The zero-order chi connectivity index (χ0) is 38.2. The van der Waals surface area contributed by atoms with Gasteiger partial charge in [-0.05, 0) is 75.8 Å². The predicted octanol–water partition coefficient (Wildman–Crippen LogP) is 13.2. The summed E-state index contributed by atoms with van der Waals surface area (Å²) in [5.74, 6) is 1.74. The topological polar surface area (TPSA) is 69.6 Å². The highest BCUT2D eigenvalue weighted by atomic mass is 16.3. The number of hydrogen-bond acceptors (Lipinski definition) is 5. The van der Waals surface area contributed by atoms with Crippen molar-refractivity contribution in [3.8, 4) is 51.0 Å². The van der Waals surface area contributed by atoms with Crippen LogP contribution in [0.4, 0.5) is 0 Å². The van der Waals surface area contributed by atoms with Gasteiger partial charge < -0.3 is 8.98 Å². The Labute approximate surface area is 332 Å². The van der Waals surface area contributed by atoms with Gasteiger partial charge in [-0.2, -0.15) is 0 Å². The summed E-state index contributed by atoms with van der Waals surface area (Å²) in [5, 5.41) is 7.98. The summed E-state index contributed by atoms with van der Waals surface area (Å²) in [5.41, 5.74) is 10.7. The van der Waals surface area contributed by atoms with Crippen molar-refractivity contribution in [3.05, 3.63) is 188 Å². The Balaban J connectivity index is 1.05. The van der Waals surface area contributed by atoms with Crippen LogP contribution >= 0.6 is 0 Å². The Kier molecular flexibility index (Phi) is 7.13. The molecule has 12 rings (SSSR count). The molecule has 8 aromatic carbocycles. The number of fused-ring (bicyclic) bond motifs is 8. The normalized spacial score (nSPS) is 11.8. The highest BCUT2D eigenvalue weighted by Gasteiger charge is 2.19. The van der Waals surface area contributed by atoms with Gasteiger partial charge in [0.1, 0.15) is 11.1 Å². The summed E-state index contributed by atoms with van der Waals surface area (Å²) in [6, 6.07) is 63.5. The zero-order valence-electron chi connectivity index (χ0n) is 31.0. The van der Waals surface area contributed by atoms with Gasteiger partial charge in [-0.25, -0.2) is 15.0 Å². The molecule has 0 bridgehead atoms. The average molecular weight is 742 g/mol. The van der Waals surface area contributed by atoms with Crippen LogP contribution in [0.15, 0.2) is 193 Å². The standard InChI is InChI=1S/C52H31N5O/c1-2-13-36-32(11-1)12-9-18-37(36)33-22-24-34(25-23-33)50-54-51(35-26-27-43-48(31-35)58-47-21-10-30-53-49(43)47)56-52(55-50)42-28-29-46(39-15-4-3-14-38(39)42)57-44-19-7-5-16-40(44)41-17-6-8-20-45(41)57/h1-31H. The molecule has 0 fully saturated rings. The molecule has 4 aromatic heterocycles. The highest BCUT2D eigenvalue weighted by Crippen LogP contribution is 2.39. The number of benzene rings is 8. The lowest BCUT2D eigenvalue weighted by Gasteiger charge is -2.15. The molecule has 0 saturated carbocycles. The third-order valence-electron chi connectivity index (χ3n) is 11.3. The number of para-hydroxylation sites is 2. The second-order valence-electron chi connectivity index (χ2n) is 14.6. The van der Waals surface area contributed by atoms with Gasteiger partial charge in [0.2, 0.25) is 0 Å². The Hall–Kier alpha value is -7.96. The molecule has 0 unspecified atom stereocenters. The van der Waals surface area contributed by atoms with E-state index in [1.807, 2.05) is 30.3 Å². The summed E-state index contributed by atoms with van der Waals surface area (Å²) in [6.45, 7) is 0. The van der Waals surface area contributed by atoms with Crippen molar-refractivity contribution in [2.45, 2.75) is 0 Å². The Bertz CT molecular complexity index is 3520. The molecule has 0 spiro atoms. The third-order valence-corrected chi connectivity index (χ3v) is 11.3. The summed E-state index contributed by atoms with van der Waals surface area (Å²) < 4.78 is 8.63. The van der Waals surface area contributed by atoms with Gasteiger partial charge >= 0.3 is 0 Å². The molecule has 0 aliphatic heterocycles. The Morgan fingerprint density at radius 1 is 0.379 bits per heavy atom. The molecule has 6 heteroatoms. The van der Waals surface area contributed by atoms with Crippen molar-refractivity contribution >= 4 is 65.4 Å². The lowest BCUT2D eigenvalue weighted by Crippen LogP contribution is -2.02. The van der Waals surface area contributed by atoms with Crippen LogP contribution in [-0.4, -0.2) is 24.5 Å². The van der Waals surface area contributed by atoms with E-state index in [-0.39, 0.29) is 0 Å². The van der Waals surface area contributed by atoms with Gasteiger partial charge in [0.25, 0.3) is 0 Å². The zero-order valence-corrected chi connectivity index (χ0v) is 31.0. The van der Waals surface area contributed by atoms with E-state index in [1.54, 1.807) is 6.20 Å². The molecule has 0 amide bonds.